The van der Waals surface area contributed by atoms with Gasteiger partial charge < -0.3 is 9.84 Å². The average molecular weight is 294 g/mol. The molecule has 1 aromatic carbocycles. The maximum absolute atomic E-state index is 9.58. The molecule has 0 fully saturated rings. The van der Waals surface area contributed by atoms with E-state index < -0.39 is 0 Å². The maximum atomic E-state index is 9.58. The number of halogens is 1. The summed E-state index contributed by atoms with van der Waals surface area (Å²) >= 11 is 3.40. The molecule has 2 rings (SSSR count). The van der Waals surface area contributed by atoms with E-state index in [1.807, 2.05) is 13.0 Å². The van der Waals surface area contributed by atoms with Crippen LogP contribution in [-0.2, 0) is 0 Å². The molecule has 2 aromatic rings. The number of phenolic OH excluding ortho intramolecular Hbond substituents is 1. The Morgan fingerprint density at radius 3 is 2.76 bits per heavy atom. The Balaban J connectivity index is 2.35. The van der Waals surface area contributed by atoms with Crippen LogP contribution in [0, 0.1) is 13.8 Å². The smallest absolute Gasteiger partial charge is 0.233 e. The quantitative estimate of drug-likeness (QED) is 0.911. The summed E-state index contributed by atoms with van der Waals surface area (Å²) in [5.41, 5.74) is 1.75. The van der Waals surface area contributed by atoms with Crippen molar-refractivity contribution in [3.63, 3.8) is 0 Å². The maximum Gasteiger partial charge on any atom is 0.233 e. The molecule has 0 radical (unpaired) electrons. The number of hydrogen-bond donors (Lipinski definition) is 1. The predicted molar refractivity (Wildman–Crippen MR) is 69.6 cm³/mol. The van der Waals surface area contributed by atoms with Crippen LogP contribution in [0.25, 0.3) is 0 Å². The van der Waals surface area contributed by atoms with Crippen molar-refractivity contribution >= 4 is 15.9 Å². The molecule has 0 atom stereocenters. The molecule has 0 saturated carbocycles. The third-order valence-corrected chi connectivity index (χ3v) is 2.97. The van der Waals surface area contributed by atoms with Gasteiger partial charge >= 0.3 is 0 Å². The minimum absolute atomic E-state index is 0.214. The molecule has 88 valence electrons. The van der Waals surface area contributed by atoms with Gasteiger partial charge in [-0.25, -0.2) is 4.98 Å². The zero-order chi connectivity index (χ0) is 12.4. The lowest BCUT2D eigenvalue weighted by molar-refractivity contribution is 0.437. The first-order valence-electron chi connectivity index (χ1n) is 5.16. The number of aromatic hydroxyl groups is 1. The summed E-state index contributed by atoms with van der Waals surface area (Å²) in [5, 5.41) is 9.58. The van der Waals surface area contributed by atoms with E-state index in [-0.39, 0.29) is 5.75 Å². The Bertz CT molecular complexity index is 555. The van der Waals surface area contributed by atoms with E-state index >= 15 is 0 Å². The molecule has 3 nitrogen and oxygen atoms in total. The van der Waals surface area contributed by atoms with E-state index in [1.165, 1.54) is 0 Å². The largest absolute Gasteiger partial charge is 0.508 e. The highest BCUT2D eigenvalue weighted by Crippen LogP contribution is 2.32. The van der Waals surface area contributed by atoms with E-state index in [9.17, 15) is 5.11 Å². The van der Waals surface area contributed by atoms with Gasteiger partial charge in [0.15, 0.2) is 0 Å². The van der Waals surface area contributed by atoms with Crippen molar-refractivity contribution < 1.29 is 9.84 Å². The molecule has 1 N–H and O–H groups in total. The Labute approximate surface area is 108 Å². The van der Waals surface area contributed by atoms with Gasteiger partial charge in [-0.15, -0.1) is 0 Å². The van der Waals surface area contributed by atoms with Crippen molar-refractivity contribution in [1.82, 2.24) is 4.98 Å². The van der Waals surface area contributed by atoms with Crippen molar-refractivity contribution in [3.8, 4) is 17.4 Å². The van der Waals surface area contributed by atoms with Crippen LogP contribution in [0.4, 0.5) is 0 Å². The molecule has 0 aliphatic rings. The van der Waals surface area contributed by atoms with Gasteiger partial charge in [0.1, 0.15) is 11.5 Å². The van der Waals surface area contributed by atoms with Gasteiger partial charge in [0.25, 0.3) is 0 Å². The third-order valence-electron chi connectivity index (χ3n) is 2.41. The highest BCUT2D eigenvalue weighted by Gasteiger charge is 2.08. The number of benzene rings is 1. The highest BCUT2D eigenvalue weighted by molar-refractivity contribution is 9.10. The Morgan fingerprint density at radius 2 is 2.06 bits per heavy atom. The van der Waals surface area contributed by atoms with Gasteiger partial charge in [-0.1, -0.05) is 6.07 Å². The highest BCUT2D eigenvalue weighted by atomic mass is 79.9. The summed E-state index contributed by atoms with van der Waals surface area (Å²) in [5.74, 6) is 1.30. The predicted octanol–water partition coefficient (Wildman–Crippen LogP) is 3.96. The molecule has 0 amide bonds. The van der Waals surface area contributed by atoms with E-state index in [4.69, 9.17) is 4.74 Å². The second-order valence-corrected chi connectivity index (χ2v) is 4.66. The van der Waals surface area contributed by atoms with E-state index in [0.29, 0.717) is 17.2 Å². The minimum Gasteiger partial charge on any atom is -0.508 e. The topological polar surface area (TPSA) is 42.4 Å². The normalized spacial score (nSPS) is 10.3. The zero-order valence-corrected chi connectivity index (χ0v) is 11.2. The monoisotopic (exact) mass is 293 g/mol. The van der Waals surface area contributed by atoms with Crippen molar-refractivity contribution in [2.24, 2.45) is 0 Å². The second kappa shape index (κ2) is 4.75. The van der Waals surface area contributed by atoms with Crippen LogP contribution >= 0.6 is 15.9 Å². The number of ether oxygens (including phenoxy) is 1. The van der Waals surface area contributed by atoms with Gasteiger partial charge in [0, 0.05) is 11.8 Å². The summed E-state index contributed by atoms with van der Waals surface area (Å²) in [7, 11) is 0. The lowest BCUT2D eigenvalue weighted by atomic mass is 10.2. The molecule has 0 aliphatic carbocycles. The fourth-order valence-corrected chi connectivity index (χ4v) is 1.96. The molecule has 17 heavy (non-hydrogen) atoms. The number of aryl methyl sites for hydroxylation is 1. The van der Waals surface area contributed by atoms with E-state index in [2.05, 4.69) is 20.9 Å². The summed E-state index contributed by atoms with van der Waals surface area (Å²) in [6.45, 7) is 3.76. The molecule has 0 spiro atoms. The fourth-order valence-electron chi connectivity index (χ4n) is 1.41. The van der Waals surface area contributed by atoms with Crippen LogP contribution in [0.1, 0.15) is 11.1 Å². The average Bonchev–Trinajstić information content (AvgIpc) is 2.28. The Hall–Kier alpha value is -1.55. The molecule has 0 aliphatic heterocycles. The van der Waals surface area contributed by atoms with Crippen LogP contribution < -0.4 is 4.74 Å². The number of phenols is 1. The van der Waals surface area contributed by atoms with Crippen molar-refractivity contribution in [1.29, 1.82) is 0 Å². The van der Waals surface area contributed by atoms with Gasteiger partial charge in [-0.05, 0) is 53.5 Å². The van der Waals surface area contributed by atoms with Crippen LogP contribution in [0.3, 0.4) is 0 Å². The Morgan fingerprint density at radius 1 is 1.29 bits per heavy atom. The van der Waals surface area contributed by atoms with Crippen LogP contribution in [0.15, 0.2) is 34.9 Å². The first-order valence-corrected chi connectivity index (χ1v) is 5.96. The number of aromatic nitrogens is 1. The van der Waals surface area contributed by atoms with Gasteiger partial charge in [-0.2, -0.15) is 0 Å². The van der Waals surface area contributed by atoms with Crippen molar-refractivity contribution in [2.75, 3.05) is 0 Å². The lowest BCUT2D eigenvalue weighted by Crippen LogP contribution is -1.92. The van der Waals surface area contributed by atoms with Gasteiger partial charge in [-0.3, -0.25) is 0 Å². The molecule has 0 unspecified atom stereocenters. The van der Waals surface area contributed by atoms with Crippen LogP contribution in [-0.4, -0.2) is 10.1 Å². The standard InChI is InChI=1S/C13H12BrNO2/c1-8-6-10(14)13(15-7-8)17-12-5-3-4-11(16)9(12)2/h3-7,16H,1-2H3. The Kier molecular flexibility index (Phi) is 3.33. The summed E-state index contributed by atoms with van der Waals surface area (Å²) in [4.78, 5) is 4.19. The summed E-state index contributed by atoms with van der Waals surface area (Å²) < 4.78 is 6.45. The van der Waals surface area contributed by atoms with Gasteiger partial charge in [0.2, 0.25) is 5.88 Å². The number of pyridine rings is 1. The molecule has 4 heteroatoms. The molecule has 0 bridgehead atoms. The summed E-state index contributed by atoms with van der Waals surface area (Å²) in [6, 6.07) is 7.09. The molecular weight excluding hydrogens is 282 g/mol. The van der Waals surface area contributed by atoms with E-state index in [0.717, 1.165) is 10.0 Å². The zero-order valence-electron chi connectivity index (χ0n) is 9.57. The fraction of sp³-hybridized carbons (Fsp3) is 0.154. The number of nitrogens with zero attached hydrogens (tertiary/aromatic N) is 1. The van der Waals surface area contributed by atoms with Crippen LogP contribution in [0.2, 0.25) is 0 Å². The van der Waals surface area contributed by atoms with Crippen molar-refractivity contribution in [3.05, 3.63) is 46.1 Å². The minimum atomic E-state index is 0.214. The molecular formula is C13H12BrNO2. The van der Waals surface area contributed by atoms with Crippen LogP contribution in [0.5, 0.6) is 17.4 Å². The third kappa shape index (κ3) is 2.58. The lowest BCUT2D eigenvalue weighted by Gasteiger charge is -2.10. The molecule has 1 heterocycles. The first-order chi connectivity index (χ1) is 8.08. The van der Waals surface area contributed by atoms with E-state index in [1.54, 1.807) is 31.3 Å². The molecule has 1 aromatic heterocycles. The SMILES string of the molecule is Cc1cnc(Oc2cccc(O)c2C)c(Br)c1. The van der Waals surface area contributed by atoms with Gasteiger partial charge in [0.05, 0.1) is 4.47 Å². The number of hydrogen-bond acceptors (Lipinski definition) is 3. The van der Waals surface area contributed by atoms with Crippen molar-refractivity contribution in [2.45, 2.75) is 13.8 Å². The molecule has 0 saturated heterocycles. The number of rotatable bonds is 2. The second-order valence-electron chi connectivity index (χ2n) is 3.80. The summed E-state index contributed by atoms with van der Waals surface area (Å²) in [6.07, 6.45) is 1.73. The first kappa shape index (κ1) is 11.9.